The maximum atomic E-state index is 9.60. The average Bonchev–Trinajstić information content (AvgIpc) is 2.51. The summed E-state index contributed by atoms with van der Waals surface area (Å²) in [6.07, 6.45) is -0.101. The molecule has 3 N–H and O–H groups in total. The number of aromatic nitrogens is 1. The van der Waals surface area contributed by atoms with Gasteiger partial charge in [-0.1, -0.05) is 25.9 Å². The van der Waals surface area contributed by atoms with Crippen LogP contribution in [0.15, 0.2) is 10.6 Å². The third-order valence-corrected chi connectivity index (χ3v) is 2.05. The van der Waals surface area contributed by atoms with Gasteiger partial charge in [-0.15, -0.1) is 0 Å². The molecule has 0 aliphatic carbocycles. The molecule has 1 aromatic heterocycles. The first-order valence-corrected chi connectivity index (χ1v) is 4.80. The summed E-state index contributed by atoms with van der Waals surface area (Å²) in [4.78, 5) is 0. The molecule has 0 aliphatic rings. The zero-order valence-corrected chi connectivity index (χ0v) is 8.95. The summed E-state index contributed by atoms with van der Waals surface area (Å²) in [5.74, 6) is 0.781. The van der Waals surface area contributed by atoms with Gasteiger partial charge in [0.1, 0.15) is 17.6 Å². The van der Waals surface area contributed by atoms with Crippen LogP contribution in [0.1, 0.15) is 44.8 Å². The second-order valence-electron chi connectivity index (χ2n) is 4.46. The van der Waals surface area contributed by atoms with Gasteiger partial charge < -0.3 is 15.4 Å². The standard InChI is InChI=1S/C10H18N2O2/c1-10(2,3)9-6-7(12-14-9)8(13)4-5-11/h6,8,13H,4-5,11H2,1-3H3. The molecule has 0 amide bonds. The summed E-state index contributed by atoms with van der Waals surface area (Å²) in [6, 6.07) is 1.79. The van der Waals surface area contributed by atoms with Crippen LogP contribution >= 0.6 is 0 Å². The minimum Gasteiger partial charge on any atom is -0.387 e. The van der Waals surface area contributed by atoms with Crippen molar-refractivity contribution < 1.29 is 9.63 Å². The Labute approximate surface area is 84.1 Å². The Hall–Kier alpha value is -0.870. The van der Waals surface area contributed by atoms with Crippen molar-refractivity contribution in [3.8, 4) is 0 Å². The molecule has 0 aliphatic heterocycles. The summed E-state index contributed by atoms with van der Waals surface area (Å²) in [6.45, 7) is 6.55. The van der Waals surface area contributed by atoms with Crippen LogP contribution in [-0.4, -0.2) is 16.8 Å². The Kier molecular flexibility index (Phi) is 3.29. The lowest BCUT2D eigenvalue weighted by molar-refractivity contribution is 0.159. The highest BCUT2D eigenvalue weighted by molar-refractivity contribution is 5.14. The van der Waals surface area contributed by atoms with E-state index in [-0.39, 0.29) is 5.41 Å². The van der Waals surface area contributed by atoms with Crippen LogP contribution < -0.4 is 5.73 Å². The number of aliphatic hydroxyl groups excluding tert-OH is 1. The van der Waals surface area contributed by atoms with Crippen LogP contribution in [0.2, 0.25) is 0 Å². The third kappa shape index (κ3) is 2.56. The minimum atomic E-state index is -0.611. The van der Waals surface area contributed by atoms with Gasteiger partial charge in [0.25, 0.3) is 0 Å². The Bertz CT molecular complexity index is 289. The van der Waals surface area contributed by atoms with Gasteiger partial charge in [-0.2, -0.15) is 0 Å². The van der Waals surface area contributed by atoms with Crippen molar-refractivity contribution in [2.24, 2.45) is 5.73 Å². The maximum Gasteiger partial charge on any atom is 0.142 e. The van der Waals surface area contributed by atoms with E-state index in [1.54, 1.807) is 6.07 Å². The van der Waals surface area contributed by atoms with Gasteiger partial charge in [0, 0.05) is 11.5 Å². The molecule has 0 saturated heterocycles. The van der Waals surface area contributed by atoms with Crippen molar-refractivity contribution in [2.45, 2.75) is 38.7 Å². The summed E-state index contributed by atoms with van der Waals surface area (Å²) in [7, 11) is 0. The van der Waals surface area contributed by atoms with E-state index in [4.69, 9.17) is 10.3 Å². The molecule has 0 spiro atoms. The van der Waals surface area contributed by atoms with Crippen LogP contribution in [-0.2, 0) is 5.41 Å². The molecule has 1 rings (SSSR count). The molecule has 0 saturated carbocycles. The SMILES string of the molecule is CC(C)(C)c1cc(C(O)CCN)no1. The van der Waals surface area contributed by atoms with Crippen molar-refractivity contribution in [3.63, 3.8) is 0 Å². The van der Waals surface area contributed by atoms with Crippen molar-refractivity contribution in [1.82, 2.24) is 5.16 Å². The predicted octanol–water partition coefficient (Wildman–Crippen LogP) is 1.35. The zero-order valence-electron chi connectivity index (χ0n) is 8.95. The van der Waals surface area contributed by atoms with E-state index in [1.165, 1.54) is 0 Å². The number of nitrogens with zero attached hydrogens (tertiary/aromatic N) is 1. The van der Waals surface area contributed by atoms with Crippen LogP contribution in [0, 0.1) is 0 Å². The first-order valence-electron chi connectivity index (χ1n) is 4.80. The zero-order chi connectivity index (χ0) is 10.8. The fourth-order valence-corrected chi connectivity index (χ4v) is 1.11. The molecule has 0 radical (unpaired) electrons. The molecule has 0 fully saturated rings. The molecule has 80 valence electrons. The van der Waals surface area contributed by atoms with Crippen LogP contribution in [0.5, 0.6) is 0 Å². The van der Waals surface area contributed by atoms with E-state index in [1.807, 2.05) is 20.8 Å². The van der Waals surface area contributed by atoms with Gasteiger partial charge >= 0.3 is 0 Å². The van der Waals surface area contributed by atoms with Gasteiger partial charge in [-0.05, 0) is 13.0 Å². The number of nitrogens with two attached hydrogens (primary N) is 1. The maximum absolute atomic E-state index is 9.60. The molecule has 1 aromatic rings. The number of hydrogen-bond donors (Lipinski definition) is 2. The van der Waals surface area contributed by atoms with Crippen LogP contribution in [0.25, 0.3) is 0 Å². The van der Waals surface area contributed by atoms with E-state index in [9.17, 15) is 5.11 Å². The van der Waals surface area contributed by atoms with Gasteiger partial charge in [-0.25, -0.2) is 0 Å². The topological polar surface area (TPSA) is 72.3 Å². The Morgan fingerprint density at radius 1 is 1.57 bits per heavy atom. The monoisotopic (exact) mass is 198 g/mol. The Morgan fingerprint density at radius 3 is 2.64 bits per heavy atom. The minimum absolute atomic E-state index is 0.0757. The second-order valence-corrected chi connectivity index (χ2v) is 4.46. The first-order chi connectivity index (χ1) is 6.45. The number of rotatable bonds is 3. The largest absolute Gasteiger partial charge is 0.387 e. The fraction of sp³-hybridized carbons (Fsp3) is 0.700. The molecule has 0 aromatic carbocycles. The molecule has 1 atom stereocenters. The van der Waals surface area contributed by atoms with Crippen molar-refractivity contribution in [1.29, 1.82) is 0 Å². The van der Waals surface area contributed by atoms with Crippen molar-refractivity contribution in [2.75, 3.05) is 6.54 Å². The molecule has 0 bridgehead atoms. The van der Waals surface area contributed by atoms with Crippen LogP contribution in [0.4, 0.5) is 0 Å². The van der Waals surface area contributed by atoms with Gasteiger partial charge in [0.05, 0.1) is 0 Å². The molecular weight excluding hydrogens is 180 g/mol. The third-order valence-electron chi connectivity index (χ3n) is 2.05. The van der Waals surface area contributed by atoms with Gasteiger partial charge in [0.2, 0.25) is 0 Å². The van der Waals surface area contributed by atoms with Crippen molar-refractivity contribution >= 4 is 0 Å². The lowest BCUT2D eigenvalue weighted by Gasteiger charge is -2.12. The highest BCUT2D eigenvalue weighted by Gasteiger charge is 2.21. The van der Waals surface area contributed by atoms with E-state index in [0.717, 1.165) is 5.76 Å². The average molecular weight is 198 g/mol. The van der Waals surface area contributed by atoms with E-state index >= 15 is 0 Å². The highest BCUT2D eigenvalue weighted by Crippen LogP contribution is 2.25. The van der Waals surface area contributed by atoms with E-state index in [2.05, 4.69) is 5.16 Å². The second kappa shape index (κ2) is 4.11. The Balaban J connectivity index is 2.78. The van der Waals surface area contributed by atoms with Gasteiger partial charge in [0.15, 0.2) is 0 Å². The molecule has 14 heavy (non-hydrogen) atoms. The lowest BCUT2D eigenvalue weighted by Crippen LogP contribution is -2.09. The lowest BCUT2D eigenvalue weighted by atomic mass is 9.93. The number of hydrogen-bond acceptors (Lipinski definition) is 4. The fourth-order valence-electron chi connectivity index (χ4n) is 1.11. The molecule has 4 heteroatoms. The molecular formula is C10H18N2O2. The highest BCUT2D eigenvalue weighted by atomic mass is 16.5. The Morgan fingerprint density at radius 2 is 2.21 bits per heavy atom. The summed E-state index contributed by atoms with van der Waals surface area (Å²) in [5.41, 5.74) is 5.84. The first kappa shape index (κ1) is 11.2. The van der Waals surface area contributed by atoms with E-state index < -0.39 is 6.10 Å². The normalized spacial score (nSPS) is 14.4. The quantitative estimate of drug-likeness (QED) is 0.769. The summed E-state index contributed by atoms with van der Waals surface area (Å²) in [5, 5.41) is 13.4. The summed E-state index contributed by atoms with van der Waals surface area (Å²) < 4.78 is 5.15. The van der Waals surface area contributed by atoms with E-state index in [0.29, 0.717) is 18.7 Å². The predicted molar refractivity (Wildman–Crippen MR) is 53.8 cm³/mol. The van der Waals surface area contributed by atoms with Crippen LogP contribution in [0.3, 0.4) is 0 Å². The smallest absolute Gasteiger partial charge is 0.142 e. The molecule has 1 heterocycles. The van der Waals surface area contributed by atoms with Crippen molar-refractivity contribution in [3.05, 3.63) is 17.5 Å². The number of aliphatic hydroxyl groups is 1. The molecule has 4 nitrogen and oxygen atoms in total. The summed E-state index contributed by atoms with van der Waals surface area (Å²) >= 11 is 0. The molecule has 1 unspecified atom stereocenters. The van der Waals surface area contributed by atoms with Gasteiger partial charge in [-0.3, -0.25) is 0 Å².